The lowest BCUT2D eigenvalue weighted by atomic mass is 10.0. The van der Waals surface area contributed by atoms with Crippen LogP contribution in [0.25, 0.3) is 0 Å². The summed E-state index contributed by atoms with van der Waals surface area (Å²) in [6.45, 7) is 9.38. The zero-order valence-electron chi connectivity index (χ0n) is 15.9. The van der Waals surface area contributed by atoms with Crippen LogP contribution in [0.5, 0.6) is 5.75 Å². The first-order valence-electron chi connectivity index (χ1n) is 9.45. The first-order chi connectivity index (χ1) is 12.5. The standard InChI is InChI=1S/C20H28N2O4/c1-4-25-18-13-14(2)16(12-15(18)3)19(23)21-7-9-22(10-8-21)20(24)17-6-5-11-26-17/h12-13,17H,4-11H2,1-3H3. The minimum Gasteiger partial charge on any atom is -0.494 e. The van der Waals surface area contributed by atoms with Gasteiger partial charge in [0.15, 0.2) is 0 Å². The molecular formula is C20H28N2O4. The molecule has 1 atom stereocenters. The number of benzene rings is 1. The Hall–Kier alpha value is -2.08. The monoisotopic (exact) mass is 360 g/mol. The number of aryl methyl sites for hydroxylation is 2. The Balaban J connectivity index is 1.63. The van der Waals surface area contributed by atoms with Crippen molar-refractivity contribution in [3.63, 3.8) is 0 Å². The summed E-state index contributed by atoms with van der Waals surface area (Å²) in [5, 5.41) is 0. The molecule has 2 aliphatic rings. The molecule has 26 heavy (non-hydrogen) atoms. The Morgan fingerprint density at radius 3 is 2.42 bits per heavy atom. The van der Waals surface area contributed by atoms with E-state index >= 15 is 0 Å². The Bertz CT molecular complexity index is 675. The summed E-state index contributed by atoms with van der Waals surface area (Å²) in [4.78, 5) is 29.0. The average Bonchev–Trinajstić information content (AvgIpc) is 3.18. The lowest BCUT2D eigenvalue weighted by Gasteiger charge is -2.36. The van der Waals surface area contributed by atoms with Crippen LogP contribution >= 0.6 is 0 Å². The van der Waals surface area contributed by atoms with Crippen molar-refractivity contribution in [2.45, 2.75) is 39.7 Å². The molecule has 0 spiro atoms. The van der Waals surface area contributed by atoms with Gasteiger partial charge in [-0.2, -0.15) is 0 Å². The molecule has 6 nitrogen and oxygen atoms in total. The van der Waals surface area contributed by atoms with Crippen molar-refractivity contribution >= 4 is 11.8 Å². The SMILES string of the molecule is CCOc1cc(C)c(C(=O)N2CCN(C(=O)C3CCCO3)CC2)cc1C. The van der Waals surface area contributed by atoms with Gasteiger partial charge in [-0.25, -0.2) is 0 Å². The average molecular weight is 360 g/mol. The summed E-state index contributed by atoms with van der Waals surface area (Å²) in [5.41, 5.74) is 2.60. The quantitative estimate of drug-likeness (QED) is 0.826. The van der Waals surface area contributed by atoms with E-state index in [-0.39, 0.29) is 17.9 Å². The number of amides is 2. The summed E-state index contributed by atoms with van der Waals surface area (Å²) in [6, 6.07) is 3.84. The highest BCUT2D eigenvalue weighted by Gasteiger charge is 2.31. The van der Waals surface area contributed by atoms with Crippen molar-refractivity contribution in [2.24, 2.45) is 0 Å². The maximum Gasteiger partial charge on any atom is 0.254 e. The molecule has 2 aliphatic heterocycles. The minimum absolute atomic E-state index is 0.0258. The highest BCUT2D eigenvalue weighted by Crippen LogP contribution is 2.24. The number of carbonyl (C=O) groups is 2. The summed E-state index contributed by atoms with van der Waals surface area (Å²) >= 11 is 0. The Kier molecular flexibility index (Phi) is 5.81. The van der Waals surface area contributed by atoms with E-state index in [1.165, 1.54) is 0 Å². The van der Waals surface area contributed by atoms with Crippen molar-refractivity contribution in [2.75, 3.05) is 39.4 Å². The van der Waals surface area contributed by atoms with Crippen LogP contribution in [0, 0.1) is 13.8 Å². The van der Waals surface area contributed by atoms with Crippen LogP contribution in [0.2, 0.25) is 0 Å². The lowest BCUT2D eigenvalue weighted by Crippen LogP contribution is -2.52. The molecule has 2 heterocycles. The maximum atomic E-state index is 12.9. The van der Waals surface area contributed by atoms with Crippen molar-refractivity contribution < 1.29 is 19.1 Å². The molecule has 2 fully saturated rings. The molecule has 2 amide bonds. The number of ether oxygens (including phenoxy) is 2. The molecule has 0 saturated carbocycles. The van der Waals surface area contributed by atoms with Crippen molar-refractivity contribution in [1.82, 2.24) is 9.80 Å². The van der Waals surface area contributed by atoms with Gasteiger partial charge in [0.05, 0.1) is 6.61 Å². The summed E-state index contributed by atoms with van der Waals surface area (Å²) in [7, 11) is 0. The molecule has 0 aromatic heterocycles. The summed E-state index contributed by atoms with van der Waals surface area (Å²) in [6.07, 6.45) is 1.47. The van der Waals surface area contributed by atoms with Gasteiger partial charge in [-0.15, -0.1) is 0 Å². The van der Waals surface area contributed by atoms with Gasteiger partial charge in [-0.05, 0) is 56.9 Å². The number of rotatable bonds is 4. The predicted octanol–water partition coefficient (Wildman–Crippen LogP) is 2.17. The molecule has 142 valence electrons. The van der Waals surface area contributed by atoms with E-state index in [1.54, 1.807) is 0 Å². The largest absolute Gasteiger partial charge is 0.494 e. The van der Waals surface area contributed by atoms with Gasteiger partial charge >= 0.3 is 0 Å². The van der Waals surface area contributed by atoms with Crippen molar-refractivity contribution in [3.8, 4) is 5.75 Å². The number of piperazine rings is 1. The third-order valence-electron chi connectivity index (χ3n) is 5.14. The Morgan fingerprint density at radius 2 is 1.81 bits per heavy atom. The first kappa shape index (κ1) is 18.7. The first-order valence-corrected chi connectivity index (χ1v) is 9.45. The second kappa shape index (κ2) is 8.08. The van der Waals surface area contributed by atoms with Gasteiger partial charge in [-0.3, -0.25) is 9.59 Å². The Labute approximate surface area is 155 Å². The lowest BCUT2D eigenvalue weighted by molar-refractivity contribution is -0.142. The van der Waals surface area contributed by atoms with Crippen LogP contribution in [0.15, 0.2) is 12.1 Å². The molecule has 0 N–H and O–H groups in total. The van der Waals surface area contributed by atoms with E-state index in [2.05, 4.69) is 0 Å². The van der Waals surface area contributed by atoms with E-state index < -0.39 is 0 Å². The Morgan fingerprint density at radius 1 is 1.12 bits per heavy atom. The van der Waals surface area contributed by atoms with Crippen LogP contribution in [0.4, 0.5) is 0 Å². The topological polar surface area (TPSA) is 59.1 Å². The fraction of sp³-hybridized carbons (Fsp3) is 0.600. The van der Waals surface area contributed by atoms with E-state index in [4.69, 9.17) is 9.47 Å². The third-order valence-corrected chi connectivity index (χ3v) is 5.14. The van der Waals surface area contributed by atoms with E-state index in [1.807, 2.05) is 42.7 Å². The summed E-state index contributed by atoms with van der Waals surface area (Å²) in [5.74, 6) is 0.925. The van der Waals surface area contributed by atoms with Crippen molar-refractivity contribution in [1.29, 1.82) is 0 Å². The fourth-order valence-electron chi connectivity index (χ4n) is 3.61. The van der Waals surface area contributed by atoms with E-state index in [9.17, 15) is 9.59 Å². The molecule has 3 rings (SSSR count). The number of hydrogen-bond donors (Lipinski definition) is 0. The van der Waals surface area contributed by atoms with Crippen LogP contribution in [0.3, 0.4) is 0 Å². The van der Waals surface area contributed by atoms with Gasteiger partial charge in [0, 0.05) is 38.3 Å². The minimum atomic E-state index is -0.284. The predicted molar refractivity (Wildman–Crippen MR) is 98.5 cm³/mol. The number of nitrogens with zero attached hydrogens (tertiary/aromatic N) is 2. The summed E-state index contributed by atoms with van der Waals surface area (Å²) < 4.78 is 11.1. The molecule has 1 aromatic carbocycles. The molecule has 2 saturated heterocycles. The highest BCUT2D eigenvalue weighted by atomic mass is 16.5. The zero-order chi connectivity index (χ0) is 18.7. The third kappa shape index (κ3) is 3.85. The molecule has 0 bridgehead atoms. The molecule has 6 heteroatoms. The second-order valence-electron chi connectivity index (χ2n) is 6.98. The van der Waals surface area contributed by atoms with E-state index in [0.29, 0.717) is 45.0 Å². The van der Waals surface area contributed by atoms with Gasteiger partial charge in [0.25, 0.3) is 11.8 Å². The second-order valence-corrected chi connectivity index (χ2v) is 6.98. The van der Waals surface area contributed by atoms with Crippen LogP contribution in [-0.4, -0.2) is 67.1 Å². The van der Waals surface area contributed by atoms with Gasteiger partial charge < -0.3 is 19.3 Å². The maximum absolute atomic E-state index is 12.9. The molecule has 1 aromatic rings. The smallest absolute Gasteiger partial charge is 0.254 e. The molecule has 0 radical (unpaired) electrons. The highest BCUT2D eigenvalue weighted by molar-refractivity contribution is 5.96. The molecule has 0 aliphatic carbocycles. The molecular weight excluding hydrogens is 332 g/mol. The van der Waals surface area contributed by atoms with Gasteiger partial charge in [0.1, 0.15) is 11.9 Å². The van der Waals surface area contributed by atoms with Crippen LogP contribution in [-0.2, 0) is 9.53 Å². The van der Waals surface area contributed by atoms with Gasteiger partial charge in [-0.1, -0.05) is 0 Å². The molecule has 1 unspecified atom stereocenters. The number of hydrogen-bond acceptors (Lipinski definition) is 4. The van der Waals surface area contributed by atoms with Gasteiger partial charge in [0.2, 0.25) is 0 Å². The van der Waals surface area contributed by atoms with Crippen LogP contribution in [0.1, 0.15) is 41.3 Å². The number of carbonyl (C=O) groups excluding carboxylic acids is 2. The van der Waals surface area contributed by atoms with E-state index in [0.717, 1.165) is 29.7 Å². The zero-order valence-corrected chi connectivity index (χ0v) is 15.9. The fourth-order valence-corrected chi connectivity index (χ4v) is 3.61. The normalized spacial score (nSPS) is 20.3. The van der Waals surface area contributed by atoms with Crippen molar-refractivity contribution in [3.05, 3.63) is 28.8 Å². The van der Waals surface area contributed by atoms with Crippen LogP contribution < -0.4 is 4.74 Å².